The third kappa shape index (κ3) is 1.98. The van der Waals surface area contributed by atoms with Crippen LogP contribution in [0.3, 0.4) is 0 Å². The van der Waals surface area contributed by atoms with Crippen LogP contribution in [0.4, 0.5) is 4.39 Å². The zero-order valence-electron chi connectivity index (χ0n) is 8.24. The van der Waals surface area contributed by atoms with Gasteiger partial charge in [0.1, 0.15) is 11.9 Å². The molecule has 0 fully saturated rings. The van der Waals surface area contributed by atoms with E-state index in [0.717, 1.165) is 10.5 Å². The summed E-state index contributed by atoms with van der Waals surface area (Å²) in [5.41, 5.74) is 6.11. The van der Waals surface area contributed by atoms with E-state index in [4.69, 9.17) is 5.73 Å². The number of amides is 1. The van der Waals surface area contributed by atoms with Crippen molar-refractivity contribution in [3.8, 4) is 0 Å². The molecule has 5 heteroatoms. The quantitative estimate of drug-likeness (QED) is 0.731. The molecule has 0 spiro atoms. The first-order chi connectivity index (χ1) is 7.08. The number of hydrogen-bond acceptors (Lipinski definition) is 3. The molecular weight excluding hydrogens is 215 g/mol. The Bertz CT molecular complexity index is 410. The van der Waals surface area contributed by atoms with E-state index in [-0.39, 0.29) is 17.8 Å². The molecule has 80 valence electrons. The molecule has 1 aromatic carbocycles. The van der Waals surface area contributed by atoms with Gasteiger partial charge >= 0.3 is 0 Å². The normalized spacial score (nSPS) is 21.1. The van der Waals surface area contributed by atoms with Crippen LogP contribution in [0.1, 0.15) is 5.56 Å². The molecule has 0 aromatic heterocycles. The molecule has 1 atom stereocenters. The molecule has 0 saturated heterocycles. The van der Waals surface area contributed by atoms with Gasteiger partial charge in [-0.05, 0) is 49.2 Å². The summed E-state index contributed by atoms with van der Waals surface area (Å²) < 4.78 is 14.8. The summed E-state index contributed by atoms with van der Waals surface area (Å²) in [5, 5.41) is 0. The second-order valence-corrected chi connectivity index (χ2v) is 4.71. The van der Waals surface area contributed by atoms with Crippen LogP contribution in [0.2, 0.25) is 0 Å². The summed E-state index contributed by atoms with van der Waals surface area (Å²) in [4.78, 5) is 12.1. The van der Waals surface area contributed by atoms with Crippen molar-refractivity contribution in [3.63, 3.8) is 0 Å². The Hall–Kier alpha value is -1.07. The fraction of sp³-hybridized carbons (Fsp3) is 0.300. The highest BCUT2D eigenvalue weighted by molar-refractivity contribution is 7.97. The molecule has 1 amide bonds. The second-order valence-electron chi connectivity index (χ2n) is 3.51. The summed E-state index contributed by atoms with van der Waals surface area (Å²) in [6.45, 7) is 0. The molecule has 0 radical (unpaired) electrons. The lowest BCUT2D eigenvalue weighted by Gasteiger charge is -2.30. The van der Waals surface area contributed by atoms with E-state index in [9.17, 15) is 9.18 Å². The van der Waals surface area contributed by atoms with Gasteiger partial charge in [-0.1, -0.05) is 0 Å². The summed E-state index contributed by atoms with van der Waals surface area (Å²) in [6, 6.07) is 4.25. The van der Waals surface area contributed by atoms with E-state index in [2.05, 4.69) is 0 Å². The van der Waals surface area contributed by atoms with Crippen LogP contribution < -0.4 is 5.73 Å². The molecule has 3 nitrogen and oxygen atoms in total. The number of likely N-dealkylation sites (N-methyl/N-ethyl adjacent to an activating group) is 1. The van der Waals surface area contributed by atoms with E-state index in [1.54, 1.807) is 6.07 Å². The van der Waals surface area contributed by atoms with Crippen LogP contribution >= 0.6 is 11.9 Å². The van der Waals surface area contributed by atoms with Gasteiger partial charge < -0.3 is 5.73 Å². The van der Waals surface area contributed by atoms with Crippen molar-refractivity contribution >= 4 is 17.9 Å². The average Bonchev–Trinajstić information content (AvgIpc) is 2.17. The maximum atomic E-state index is 13.0. The first kappa shape index (κ1) is 10.4. The molecule has 0 aliphatic carbocycles. The zero-order chi connectivity index (χ0) is 11.0. The smallest absolute Gasteiger partial charge is 0.236 e. The van der Waals surface area contributed by atoms with Gasteiger partial charge in [0.15, 0.2) is 0 Å². The minimum absolute atomic E-state index is 0.276. The Morgan fingerprint density at radius 1 is 1.67 bits per heavy atom. The number of hydrogen-bond donors (Lipinski definition) is 1. The molecule has 2 N–H and O–H groups in total. The van der Waals surface area contributed by atoms with Crippen LogP contribution in [-0.4, -0.2) is 23.3 Å². The number of rotatable bonds is 1. The Kier molecular flexibility index (Phi) is 2.67. The van der Waals surface area contributed by atoms with Crippen LogP contribution in [0.5, 0.6) is 0 Å². The number of fused-ring (bicyclic) bond motifs is 1. The summed E-state index contributed by atoms with van der Waals surface area (Å²) in [7, 11) is 1.81. The van der Waals surface area contributed by atoms with Crippen molar-refractivity contribution < 1.29 is 9.18 Å². The minimum Gasteiger partial charge on any atom is -0.368 e. The number of nitrogens with zero attached hydrogens (tertiary/aromatic N) is 1. The summed E-state index contributed by atoms with van der Waals surface area (Å²) in [5.74, 6) is -0.651. The van der Waals surface area contributed by atoms with Gasteiger partial charge in [0.05, 0.1) is 0 Å². The zero-order valence-corrected chi connectivity index (χ0v) is 9.05. The minimum atomic E-state index is -0.375. The van der Waals surface area contributed by atoms with Crippen molar-refractivity contribution in [2.24, 2.45) is 5.73 Å². The van der Waals surface area contributed by atoms with Crippen molar-refractivity contribution in [2.75, 3.05) is 7.05 Å². The first-order valence-corrected chi connectivity index (χ1v) is 5.34. The molecule has 1 unspecified atom stereocenters. The third-order valence-corrected chi connectivity index (χ3v) is 3.58. The number of benzene rings is 1. The van der Waals surface area contributed by atoms with Gasteiger partial charge in [0.25, 0.3) is 0 Å². The Morgan fingerprint density at radius 2 is 2.40 bits per heavy atom. The van der Waals surface area contributed by atoms with Crippen molar-refractivity contribution in [3.05, 3.63) is 29.6 Å². The molecular formula is C10H11FN2OS. The maximum absolute atomic E-state index is 13.0. The predicted octanol–water partition coefficient (Wildman–Crippen LogP) is 1.17. The third-order valence-electron chi connectivity index (χ3n) is 2.45. The number of carbonyl (C=O) groups excluding carboxylic acids is 1. The Morgan fingerprint density at radius 3 is 3.07 bits per heavy atom. The van der Waals surface area contributed by atoms with Gasteiger partial charge in [-0.25, -0.2) is 8.70 Å². The maximum Gasteiger partial charge on any atom is 0.236 e. The Balaban J connectivity index is 2.34. The van der Waals surface area contributed by atoms with Crippen molar-refractivity contribution in [2.45, 2.75) is 17.4 Å². The number of halogens is 1. The largest absolute Gasteiger partial charge is 0.368 e. The lowest BCUT2D eigenvalue weighted by Crippen LogP contribution is -2.42. The average molecular weight is 226 g/mol. The number of carbonyl (C=O) groups is 1. The van der Waals surface area contributed by atoms with Crippen molar-refractivity contribution in [1.29, 1.82) is 0 Å². The molecule has 1 aliphatic rings. The van der Waals surface area contributed by atoms with E-state index in [1.807, 2.05) is 11.4 Å². The molecule has 2 rings (SSSR count). The van der Waals surface area contributed by atoms with Gasteiger partial charge in [-0.3, -0.25) is 4.79 Å². The highest BCUT2D eigenvalue weighted by Gasteiger charge is 2.28. The molecule has 0 bridgehead atoms. The van der Waals surface area contributed by atoms with E-state index >= 15 is 0 Å². The number of primary amides is 1. The van der Waals surface area contributed by atoms with E-state index in [0.29, 0.717) is 6.42 Å². The molecule has 15 heavy (non-hydrogen) atoms. The molecule has 1 aromatic rings. The van der Waals surface area contributed by atoms with Gasteiger partial charge in [0.2, 0.25) is 5.91 Å². The van der Waals surface area contributed by atoms with Crippen LogP contribution in [-0.2, 0) is 11.2 Å². The molecule has 1 heterocycles. The lowest BCUT2D eigenvalue weighted by molar-refractivity contribution is -0.121. The predicted molar refractivity (Wildman–Crippen MR) is 56.7 cm³/mol. The highest BCUT2D eigenvalue weighted by atomic mass is 32.2. The van der Waals surface area contributed by atoms with Crippen LogP contribution in [0, 0.1) is 5.82 Å². The first-order valence-electron chi connectivity index (χ1n) is 4.56. The van der Waals surface area contributed by atoms with E-state index in [1.165, 1.54) is 24.1 Å². The second kappa shape index (κ2) is 3.83. The SMILES string of the molecule is CN1Sc2ccc(F)cc2CC1C(N)=O. The summed E-state index contributed by atoms with van der Waals surface area (Å²) >= 11 is 1.42. The lowest BCUT2D eigenvalue weighted by atomic mass is 10.1. The molecule has 0 saturated carbocycles. The fourth-order valence-corrected chi connectivity index (χ4v) is 2.64. The van der Waals surface area contributed by atoms with E-state index < -0.39 is 0 Å². The number of nitrogens with two attached hydrogens (primary N) is 1. The van der Waals surface area contributed by atoms with Crippen molar-refractivity contribution in [1.82, 2.24) is 4.31 Å². The topological polar surface area (TPSA) is 46.3 Å². The standard InChI is InChI=1S/C10H11FN2OS/c1-13-8(10(12)14)5-6-4-7(11)2-3-9(6)15-13/h2-4,8H,5H2,1H3,(H2,12,14). The summed E-state index contributed by atoms with van der Waals surface area (Å²) in [6.07, 6.45) is 0.478. The van der Waals surface area contributed by atoms with Gasteiger partial charge in [0, 0.05) is 4.90 Å². The highest BCUT2D eigenvalue weighted by Crippen LogP contribution is 2.33. The van der Waals surface area contributed by atoms with Gasteiger partial charge in [-0.2, -0.15) is 0 Å². The fourth-order valence-electron chi connectivity index (χ4n) is 1.63. The van der Waals surface area contributed by atoms with Crippen LogP contribution in [0.25, 0.3) is 0 Å². The van der Waals surface area contributed by atoms with Gasteiger partial charge in [-0.15, -0.1) is 0 Å². The Labute approximate surface area is 91.6 Å². The monoisotopic (exact) mass is 226 g/mol. The van der Waals surface area contributed by atoms with Crippen LogP contribution in [0.15, 0.2) is 23.1 Å². The molecule has 1 aliphatic heterocycles.